The van der Waals surface area contributed by atoms with Gasteiger partial charge in [0.1, 0.15) is 12.1 Å². The van der Waals surface area contributed by atoms with Crippen LogP contribution in [-0.2, 0) is 22.4 Å². The number of primary amides is 1. The molecule has 194 valence electrons. The standard InChI is InChI=1S/C25H35N7O4/c1-6-18-20(15-7-8-15)31-23(21(30-18)22(26)34)29-17-10-11-27-16(13-17)9-12-28-19(33)14-32(5)24(35)36-25(2,3)4/h10-11,13,15H,6-9,12,14H2,1-5H3,(H2,26,34)(H,28,33)(H,27,29,31). The fourth-order valence-corrected chi connectivity index (χ4v) is 3.52. The van der Waals surface area contributed by atoms with Crippen LogP contribution in [0.5, 0.6) is 0 Å². The minimum absolute atomic E-state index is 0.107. The van der Waals surface area contributed by atoms with Gasteiger partial charge in [-0.25, -0.2) is 14.8 Å². The van der Waals surface area contributed by atoms with Crippen molar-refractivity contribution in [1.82, 2.24) is 25.2 Å². The van der Waals surface area contributed by atoms with Crippen LogP contribution in [0, 0.1) is 0 Å². The smallest absolute Gasteiger partial charge is 0.410 e. The van der Waals surface area contributed by atoms with Crippen molar-refractivity contribution in [2.75, 3.05) is 25.5 Å². The summed E-state index contributed by atoms with van der Waals surface area (Å²) in [6.45, 7) is 7.50. The molecule has 4 N–H and O–H groups in total. The minimum atomic E-state index is -0.643. The third kappa shape index (κ3) is 7.62. The van der Waals surface area contributed by atoms with Gasteiger partial charge in [0.05, 0.1) is 11.4 Å². The van der Waals surface area contributed by atoms with E-state index >= 15 is 0 Å². The topological polar surface area (TPSA) is 152 Å². The lowest BCUT2D eigenvalue weighted by Crippen LogP contribution is -2.41. The van der Waals surface area contributed by atoms with Crippen molar-refractivity contribution in [2.45, 2.75) is 64.9 Å². The van der Waals surface area contributed by atoms with E-state index in [4.69, 9.17) is 15.5 Å². The predicted octanol–water partition coefficient (Wildman–Crippen LogP) is 2.68. The van der Waals surface area contributed by atoms with E-state index in [1.54, 1.807) is 33.0 Å². The molecule has 2 aromatic heterocycles. The molecule has 0 saturated heterocycles. The maximum Gasteiger partial charge on any atom is 0.410 e. The number of hydrogen-bond donors (Lipinski definition) is 3. The van der Waals surface area contributed by atoms with Crippen molar-refractivity contribution in [3.8, 4) is 0 Å². The number of rotatable bonds is 10. The van der Waals surface area contributed by atoms with Crippen molar-refractivity contribution in [3.63, 3.8) is 0 Å². The molecule has 0 bridgehead atoms. The predicted molar refractivity (Wildman–Crippen MR) is 135 cm³/mol. The maximum atomic E-state index is 12.2. The van der Waals surface area contributed by atoms with Gasteiger partial charge in [-0.1, -0.05) is 6.92 Å². The lowest BCUT2D eigenvalue weighted by atomic mass is 10.1. The van der Waals surface area contributed by atoms with Crippen molar-refractivity contribution in [2.24, 2.45) is 5.73 Å². The van der Waals surface area contributed by atoms with Crippen LogP contribution < -0.4 is 16.4 Å². The highest BCUT2D eigenvalue weighted by Gasteiger charge is 2.30. The van der Waals surface area contributed by atoms with Gasteiger partial charge in [-0.2, -0.15) is 0 Å². The van der Waals surface area contributed by atoms with Gasteiger partial charge < -0.3 is 26.0 Å². The monoisotopic (exact) mass is 497 g/mol. The maximum absolute atomic E-state index is 12.2. The largest absolute Gasteiger partial charge is 0.444 e. The van der Waals surface area contributed by atoms with E-state index in [2.05, 4.69) is 20.6 Å². The summed E-state index contributed by atoms with van der Waals surface area (Å²) in [6, 6.07) is 3.57. The average Bonchev–Trinajstić information content (AvgIpc) is 3.63. The van der Waals surface area contributed by atoms with Gasteiger partial charge in [-0.15, -0.1) is 0 Å². The van der Waals surface area contributed by atoms with E-state index in [1.807, 2.05) is 13.0 Å². The van der Waals surface area contributed by atoms with E-state index in [0.29, 0.717) is 36.8 Å². The van der Waals surface area contributed by atoms with Gasteiger partial charge in [0.25, 0.3) is 5.91 Å². The quantitative estimate of drug-likeness (QED) is 0.453. The molecule has 0 aromatic carbocycles. The van der Waals surface area contributed by atoms with Crippen molar-refractivity contribution >= 4 is 29.4 Å². The molecular formula is C25H35N7O4. The molecule has 36 heavy (non-hydrogen) atoms. The molecule has 11 heteroatoms. The number of carbonyl (C=O) groups excluding carboxylic acids is 3. The number of ether oxygens (including phenoxy) is 1. The zero-order valence-electron chi connectivity index (χ0n) is 21.6. The summed E-state index contributed by atoms with van der Waals surface area (Å²) in [5.41, 5.74) is 8.18. The summed E-state index contributed by atoms with van der Waals surface area (Å²) < 4.78 is 5.25. The molecule has 2 heterocycles. The molecule has 3 rings (SSSR count). The second-order valence-corrected chi connectivity index (χ2v) is 9.84. The van der Waals surface area contributed by atoms with Crippen LogP contribution in [0.1, 0.15) is 74.0 Å². The summed E-state index contributed by atoms with van der Waals surface area (Å²) in [7, 11) is 1.51. The molecule has 11 nitrogen and oxygen atoms in total. The number of amides is 3. The van der Waals surface area contributed by atoms with Crippen molar-refractivity contribution in [3.05, 3.63) is 41.1 Å². The Hall–Kier alpha value is -3.76. The number of nitrogens with one attached hydrogen (secondary N) is 2. The zero-order valence-corrected chi connectivity index (χ0v) is 21.6. The highest BCUT2D eigenvalue weighted by atomic mass is 16.6. The summed E-state index contributed by atoms with van der Waals surface area (Å²) in [4.78, 5) is 51.0. The normalized spacial score (nSPS) is 13.1. The van der Waals surface area contributed by atoms with Crippen LogP contribution in [-0.4, -0.2) is 63.5 Å². The number of carbonyl (C=O) groups is 3. The molecule has 1 aliphatic carbocycles. The van der Waals surface area contributed by atoms with Gasteiger partial charge >= 0.3 is 6.09 Å². The lowest BCUT2D eigenvalue weighted by Gasteiger charge is -2.24. The highest BCUT2D eigenvalue weighted by molar-refractivity contribution is 5.96. The average molecular weight is 498 g/mol. The van der Waals surface area contributed by atoms with Crippen LogP contribution in [0.15, 0.2) is 18.3 Å². The number of aryl methyl sites for hydroxylation is 1. The molecular weight excluding hydrogens is 462 g/mol. The Balaban J connectivity index is 1.60. The Morgan fingerprint density at radius 1 is 1.22 bits per heavy atom. The molecule has 0 radical (unpaired) electrons. The number of likely N-dealkylation sites (N-methyl/N-ethyl adjacent to an activating group) is 1. The fraction of sp³-hybridized carbons (Fsp3) is 0.520. The van der Waals surface area contributed by atoms with Gasteiger partial charge in [0.15, 0.2) is 11.5 Å². The first-order valence-electron chi connectivity index (χ1n) is 12.1. The van der Waals surface area contributed by atoms with Gasteiger partial charge in [-0.05, 0) is 52.2 Å². The van der Waals surface area contributed by atoms with Gasteiger partial charge in [-0.3, -0.25) is 14.6 Å². The molecule has 1 fully saturated rings. The first-order chi connectivity index (χ1) is 17.0. The van der Waals surface area contributed by atoms with E-state index in [-0.39, 0.29) is 18.1 Å². The summed E-state index contributed by atoms with van der Waals surface area (Å²) >= 11 is 0. The zero-order chi connectivity index (χ0) is 26.5. The molecule has 1 saturated carbocycles. The van der Waals surface area contributed by atoms with E-state index in [9.17, 15) is 14.4 Å². The minimum Gasteiger partial charge on any atom is -0.444 e. The molecule has 0 unspecified atom stereocenters. The Morgan fingerprint density at radius 2 is 1.94 bits per heavy atom. The number of pyridine rings is 1. The third-order valence-electron chi connectivity index (χ3n) is 5.40. The molecule has 2 aromatic rings. The first-order valence-corrected chi connectivity index (χ1v) is 12.1. The fourth-order valence-electron chi connectivity index (χ4n) is 3.52. The summed E-state index contributed by atoms with van der Waals surface area (Å²) in [5, 5.41) is 5.95. The van der Waals surface area contributed by atoms with E-state index in [0.717, 1.165) is 29.9 Å². The molecule has 0 atom stereocenters. The van der Waals surface area contributed by atoms with Crippen LogP contribution >= 0.6 is 0 Å². The molecule has 1 aliphatic rings. The third-order valence-corrected chi connectivity index (χ3v) is 5.40. The summed E-state index contributed by atoms with van der Waals surface area (Å²) in [5.74, 6) is -0.240. The van der Waals surface area contributed by atoms with Gasteiger partial charge in [0, 0.05) is 43.5 Å². The van der Waals surface area contributed by atoms with E-state index in [1.165, 1.54) is 11.9 Å². The number of anilines is 2. The molecule has 3 amide bonds. The van der Waals surface area contributed by atoms with Crippen LogP contribution in [0.2, 0.25) is 0 Å². The Morgan fingerprint density at radius 3 is 2.56 bits per heavy atom. The Labute approximate surface area is 211 Å². The first kappa shape index (κ1) is 26.8. The van der Waals surface area contributed by atoms with E-state index < -0.39 is 17.6 Å². The second-order valence-electron chi connectivity index (χ2n) is 9.84. The number of nitrogens with zero attached hydrogens (tertiary/aromatic N) is 4. The van der Waals surface area contributed by atoms with Crippen molar-refractivity contribution < 1.29 is 19.1 Å². The highest BCUT2D eigenvalue weighted by Crippen LogP contribution is 2.41. The SMILES string of the molecule is CCc1nc(C(N)=O)c(Nc2ccnc(CCNC(=O)CN(C)C(=O)OC(C)(C)C)c2)nc1C1CC1. The number of hydrogen-bond acceptors (Lipinski definition) is 8. The summed E-state index contributed by atoms with van der Waals surface area (Å²) in [6.07, 6.45) is 4.35. The van der Waals surface area contributed by atoms with Crippen LogP contribution in [0.25, 0.3) is 0 Å². The van der Waals surface area contributed by atoms with Gasteiger partial charge in [0.2, 0.25) is 5.91 Å². The molecule has 0 spiro atoms. The number of nitrogens with two attached hydrogens (primary N) is 1. The van der Waals surface area contributed by atoms with Crippen LogP contribution in [0.3, 0.4) is 0 Å². The van der Waals surface area contributed by atoms with Crippen LogP contribution in [0.4, 0.5) is 16.3 Å². The lowest BCUT2D eigenvalue weighted by molar-refractivity contribution is -0.121. The number of aromatic nitrogens is 3. The Bertz CT molecular complexity index is 1130. The molecule has 0 aliphatic heterocycles. The Kier molecular flexibility index (Phi) is 8.44. The van der Waals surface area contributed by atoms with Crippen molar-refractivity contribution in [1.29, 1.82) is 0 Å². The second kappa shape index (κ2) is 11.3.